The highest BCUT2D eigenvalue weighted by molar-refractivity contribution is 7.99. The van der Waals surface area contributed by atoms with Crippen LogP contribution in [-0.2, 0) is 13.2 Å². The van der Waals surface area contributed by atoms with Crippen molar-refractivity contribution in [3.63, 3.8) is 0 Å². The lowest BCUT2D eigenvalue weighted by molar-refractivity contribution is -0.137. The van der Waals surface area contributed by atoms with Crippen LogP contribution >= 0.6 is 11.8 Å². The fraction of sp³-hybridized carbons (Fsp3) is 0.273. The van der Waals surface area contributed by atoms with E-state index in [9.17, 15) is 13.2 Å². The lowest BCUT2D eigenvalue weighted by Gasteiger charge is -2.10. The molecule has 0 amide bonds. The topological polar surface area (TPSA) is 68.8 Å². The van der Waals surface area contributed by atoms with Gasteiger partial charge >= 0.3 is 6.18 Å². The van der Waals surface area contributed by atoms with Crippen molar-refractivity contribution in [2.45, 2.75) is 23.2 Å². The monoisotopic (exact) mass is 303 g/mol. The van der Waals surface area contributed by atoms with Gasteiger partial charge in [-0.25, -0.2) is 10.8 Å². The highest BCUT2D eigenvalue weighted by atomic mass is 32.2. The Labute approximate surface area is 117 Å². The number of hydrogen-bond acceptors (Lipinski definition) is 5. The Morgan fingerprint density at radius 3 is 2.50 bits per heavy atom. The Bertz CT molecular complexity index is 623. The molecule has 0 aliphatic rings. The summed E-state index contributed by atoms with van der Waals surface area (Å²) in [4.78, 5) is 4.00. The molecule has 0 aliphatic carbocycles. The third kappa shape index (κ3) is 3.23. The van der Waals surface area contributed by atoms with E-state index in [2.05, 4.69) is 15.5 Å². The molecule has 5 nitrogen and oxygen atoms in total. The second kappa shape index (κ2) is 5.33. The highest BCUT2D eigenvalue weighted by Gasteiger charge is 2.31. The third-order valence-corrected chi connectivity index (χ3v) is 3.45. The summed E-state index contributed by atoms with van der Waals surface area (Å²) in [5, 5.41) is 5.01. The average Bonchev–Trinajstić information content (AvgIpc) is 2.66. The molecule has 3 N–H and O–H groups in total. The van der Waals surface area contributed by atoms with Gasteiger partial charge in [0.1, 0.15) is 15.9 Å². The second-order valence-electron chi connectivity index (χ2n) is 4.07. The van der Waals surface area contributed by atoms with Crippen LogP contribution in [0.2, 0.25) is 0 Å². The minimum atomic E-state index is -4.45. The number of nitrogens with zero attached hydrogens (tertiary/aromatic N) is 3. The van der Waals surface area contributed by atoms with Crippen LogP contribution in [0.15, 0.2) is 28.3 Å². The number of aryl methyl sites for hydroxylation is 2. The highest BCUT2D eigenvalue weighted by Crippen LogP contribution is 2.35. The molecule has 108 valence electrons. The smallest absolute Gasteiger partial charge is 0.308 e. The predicted molar refractivity (Wildman–Crippen MR) is 69.1 cm³/mol. The molecule has 0 aliphatic heterocycles. The first-order valence-corrected chi connectivity index (χ1v) is 6.35. The van der Waals surface area contributed by atoms with Crippen molar-refractivity contribution in [1.29, 1.82) is 0 Å². The van der Waals surface area contributed by atoms with E-state index in [1.54, 1.807) is 24.7 Å². The van der Waals surface area contributed by atoms with Crippen LogP contribution in [0.25, 0.3) is 0 Å². The predicted octanol–water partition coefficient (Wildman–Crippen LogP) is 2.58. The van der Waals surface area contributed by atoms with Crippen molar-refractivity contribution in [3.05, 3.63) is 29.5 Å². The van der Waals surface area contributed by atoms with Gasteiger partial charge < -0.3 is 5.43 Å². The zero-order chi connectivity index (χ0) is 14.9. The Morgan fingerprint density at radius 1 is 1.30 bits per heavy atom. The summed E-state index contributed by atoms with van der Waals surface area (Å²) in [6.07, 6.45) is -4.45. The molecule has 9 heteroatoms. The van der Waals surface area contributed by atoms with E-state index in [0.29, 0.717) is 5.03 Å². The van der Waals surface area contributed by atoms with E-state index >= 15 is 0 Å². The van der Waals surface area contributed by atoms with E-state index in [1.807, 2.05) is 0 Å². The molecule has 2 aromatic heterocycles. The van der Waals surface area contributed by atoms with Gasteiger partial charge in [-0.05, 0) is 25.1 Å². The number of nitrogen functional groups attached to an aromatic ring is 1. The van der Waals surface area contributed by atoms with E-state index in [-0.39, 0.29) is 10.8 Å². The molecule has 0 unspecified atom stereocenters. The van der Waals surface area contributed by atoms with E-state index in [1.165, 1.54) is 0 Å². The summed E-state index contributed by atoms with van der Waals surface area (Å²) in [5.41, 5.74) is 2.11. The van der Waals surface area contributed by atoms with E-state index < -0.39 is 11.7 Å². The van der Waals surface area contributed by atoms with Gasteiger partial charge in [-0.3, -0.25) is 4.68 Å². The zero-order valence-corrected chi connectivity index (χ0v) is 11.5. The first-order valence-electron chi connectivity index (χ1n) is 5.54. The number of anilines is 1. The van der Waals surface area contributed by atoms with Crippen molar-refractivity contribution in [3.8, 4) is 0 Å². The van der Waals surface area contributed by atoms with Gasteiger partial charge in [0.25, 0.3) is 0 Å². The molecular weight excluding hydrogens is 291 g/mol. The number of alkyl halides is 3. The fourth-order valence-electron chi connectivity index (χ4n) is 1.58. The summed E-state index contributed by atoms with van der Waals surface area (Å²) >= 11 is 1.09. The molecule has 0 aromatic carbocycles. The number of nitrogens with one attached hydrogen (secondary N) is 1. The SMILES string of the molecule is Cc1cc(Sc2cc(C(F)(F)F)cc(NN)n2)n(C)n1. The van der Waals surface area contributed by atoms with Crippen LogP contribution in [0.1, 0.15) is 11.3 Å². The quantitative estimate of drug-likeness (QED) is 0.674. The fourth-order valence-corrected chi connectivity index (χ4v) is 2.53. The van der Waals surface area contributed by atoms with Crippen LogP contribution in [0.3, 0.4) is 0 Å². The summed E-state index contributed by atoms with van der Waals surface area (Å²) in [6, 6.07) is 3.61. The first kappa shape index (κ1) is 14.7. The number of halogens is 3. The number of pyridine rings is 1. The molecule has 2 heterocycles. The molecule has 0 radical (unpaired) electrons. The van der Waals surface area contributed by atoms with Crippen LogP contribution in [0, 0.1) is 6.92 Å². The number of aromatic nitrogens is 3. The lowest BCUT2D eigenvalue weighted by atomic mass is 10.2. The Morgan fingerprint density at radius 2 is 2.00 bits per heavy atom. The minimum absolute atomic E-state index is 0.0405. The molecular formula is C11H12F3N5S. The van der Waals surface area contributed by atoms with Crippen molar-refractivity contribution < 1.29 is 13.2 Å². The average molecular weight is 303 g/mol. The van der Waals surface area contributed by atoms with Gasteiger partial charge in [0.2, 0.25) is 0 Å². The molecule has 0 fully saturated rings. The molecule has 2 rings (SSSR count). The number of nitrogens with two attached hydrogens (primary N) is 1. The van der Waals surface area contributed by atoms with Crippen molar-refractivity contribution >= 4 is 17.6 Å². The number of hydrazine groups is 1. The first-order chi connectivity index (χ1) is 9.29. The van der Waals surface area contributed by atoms with Crippen molar-refractivity contribution in [2.75, 3.05) is 5.43 Å². The summed E-state index contributed by atoms with van der Waals surface area (Å²) < 4.78 is 39.9. The van der Waals surface area contributed by atoms with Gasteiger partial charge in [-0.2, -0.15) is 18.3 Å². The van der Waals surface area contributed by atoms with Crippen molar-refractivity contribution in [2.24, 2.45) is 12.9 Å². The molecule has 0 bridgehead atoms. The van der Waals surface area contributed by atoms with Crippen molar-refractivity contribution in [1.82, 2.24) is 14.8 Å². The van der Waals surface area contributed by atoms with Gasteiger partial charge in [-0.15, -0.1) is 0 Å². The van der Waals surface area contributed by atoms with Gasteiger partial charge in [0.15, 0.2) is 0 Å². The summed E-state index contributed by atoms with van der Waals surface area (Å²) in [7, 11) is 1.71. The maximum Gasteiger partial charge on any atom is 0.416 e. The minimum Gasteiger partial charge on any atom is -0.308 e. The standard InChI is InChI=1S/C11H12F3N5S/c1-6-3-10(19(2)18-6)20-9-5-7(11(12,13)14)4-8(16-9)17-15/h3-5H,15H2,1-2H3,(H,16,17). The normalized spacial score (nSPS) is 11.7. The largest absolute Gasteiger partial charge is 0.416 e. The third-order valence-electron chi connectivity index (χ3n) is 2.45. The maximum absolute atomic E-state index is 12.8. The summed E-state index contributed by atoms with van der Waals surface area (Å²) in [5.74, 6) is 5.11. The van der Waals surface area contributed by atoms with Crippen LogP contribution < -0.4 is 11.3 Å². The van der Waals surface area contributed by atoms with Crippen LogP contribution in [-0.4, -0.2) is 14.8 Å². The molecule has 2 aromatic rings. The molecule has 0 spiro atoms. The van der Waals surface area contributed by atoms with E-state index in [4.69, 9.17) is 5.84 Å². The summed E-state index contributed by atoms with van der Waals surface area (Å²) in [6.45, 7) is 1.80. The Kier molecular flexibility index (Phi) is 3.91. The van der Waals surface area contributed by atoms with Gasteiger partial charge in [0.05, 0.1) is 11.3 Å². The zero-order valence-electron chi connectivity index (χ0n) is 10.7. The maximum atomic E-state index is 12.8. The number of hydrogen-bond donors (Lipinski definition) is 2. The molecule has 0 saturated heterocycles. The van der Waals surface area contributed by atoms with Crippen LogP contribution in [0.4, 0.5) is 19.0 Å². The molecule has 0 atom stereocenters. The Balaban J connectivity index is 2.38. The molecule has 0 saturated carbocycles. The van der Waals surface area contributed by atoms with Gasteiger partial charge in [0, 0.05) is 7.05 Å². The second-order valence-corrected chi connectivity index (χ2v) is 5.11. The Hall–Kier alpha value is -1.74. The van der Waals surface area contributed by atoms with Gasteiger partial charge in [-0.1, -0.05) is 11.8 Å². The lowest BCUT2D eigenvalue weighted by Crippen LogP contribution is -2.12. The number of rotatable bonds is 3. The van der Waals surface area contributed by atoms with E-state index in [0.717, 1.165) is 29.6 Å². The van der Waals surface area contributed by atoms with Crippen LogP contribution in [0.5, 0.6) is 0 Å². The molecule has 20 heavy (non-hydrogen) atoms.